The third kappa shape index (κ3) is 9.59. The van der Waals surface area contributed by atoms with E-state index in [-0.39, 0.29) is 50.5 Å². The Labute approximate surface area is 399 Å². The highest BCUT2D eigenvalue weighted by molar-refractivity contribution is 7.25. The predicted molar refractivity (Wildman–Crippen MR) is 256 cm³/mol. The molecule has 0 fully saturated rings. The second-order valence-corrected chi connectivity index (χ2v) is 22.4. The van der Waals surface area contributed by atoms with Crippen LogP contribution in [0.5, 0.6) is 23.0 Å². The number of hydrogen-bond acceptors (Lipinski definition) is 19. The minimum absolute atomic E-state index is 0.159. The molecular weight excluding hydrogens is 933 g/mol. The summed E-state index contributed by atoms with van der Waals surface area (Å²) in [7, 11) is 5.93. The number of aromatic nitrogens is 2. The number of fused-ring (bicyclic) bond motifs is 3. The highest BCUT2D eigenvalue weighted by Gasteiger charge is 2.43. The van der Waals surface area contributed by atoms with E-state index in [2.05, 4.69) is 77.9 Å². The number of nitrogens with zero attached hydrogens (tertiary/aromatic N) is 2. The lowest BCUT2D eigenvalue weighted by Gasteiger charge is -2.29. The van der Waals surface area contributed by atoms with E-state index in [1.165, 1.54) is 40.2 Å². The summed E-state index contributed by atoms with van der Waals surface area (Å²) in [6.07, 6.45) is 1.84. The Balaban J connectivity index is 1.11. The monoisotopic (exact) mass is 988 g/mol. The molecule has 0 amide bonds. The summed E-state index contributed by atoms with van der Waals surface area (Å²) in [5.74, 6) is 2.98. The molecule has 6 aromatic rings. The molecule has 5 aromatic heterocycles. The van der Waals surface area contributed by atoms with E-state index in [1.54, 1.807) is 45.3 Å². The van der Waals surface area contributed by atoms with Gasteiger partial charge in [-0.2, -0.15) is 8.75 Å². The van der Waals surface area contributed by atoms with Crippen molar-refractivity contribution in [3.63, 3.8) is 0 Å². The largest absolute Gasteiger partial charge is 0.488 e. The maximum Gasteiger partial charge on any atom is 0.180 e. The molecule has 65 heavy (non-hydrogen) atoms. The third-order valence-corrected chi connectivity index (χ3v) is 18.4. The van der Waals surface area contributed by atoms with Gasteiger partial charge in [0.15, 0.2) is 23.0 Å². The van der Waals surface area contributed by atoms with Gasteiger partial charge in [0.25, 0.3) is 0 Å². The molecular formula is C46H56N2O12S5. The first-order valence-corrected chi connectivity index (χ1v) is 25.3. The predicted octanol–water partition coefficient (Wildman–Crippen LogP) is 11.8. The van der Waals surface area contributed by atoms with Gasteiger partial charge in [-0.3, -0.25) is 0 Å². The first kappa shape index (κ1) is 48.2. The summed E-state index contributed by atoms with van der Waals surface area (Å²) in [6.45, 7) is 15.3. The molecule has 0 aliphatic carbocycles. The van der Waals surface area contributed by atoms with Crippen LogP contribution in [0.2, 0.25) is 0 Å². The first-order valence-electron chi connectivity index (χ1n) is 21.3. The van der Waals surface area contributed by atoms with Crippen molar-refractivity contribution in [1.82, 2.24) is 8.75 Å². The van der Waals surface area contributed by atoms with Crippen molar-refractivity contribution in [2.24, 2.45) is 10.8 Å². The van der Waals surface area contributed by atoms with Gasteiger partial charge in [0.2, 0.25) is 0 Å². The molecule has 2 aliphatic rings. The molecule has 0 N–H and O–H groups in total. The average molecular weight is 989 g/mol. The fraction of sp³-hybridized carbons (Fsp3) is 0.522. The summed E-state index contributed by atoms with van der Waals surface area (Å²) in [5.41, 5.74) is 2.09. The molecule has 1 aromatic carbocycles. The van der Waals surface area contributed by atoms with Crippen molar-refractivity contribution in [2.75, 3.05) is 81.3 Å². The van der Waals surface area contributed by atoms with Crippen molar-refractivity contribution in [3.8, 4) is 63.4 Å². The molecule has 0 radical (unpaired) electrons. The lowest BCUT2D eigenvalue weighted by Crippen LogP contribution is -2.42. The van der Waals surface area contributed by atoms with E-state index in [9.17, 15) is 0 Å². The Kier molecular flexibility index (Phi) is 14.9. The summed E-state index contributed by atoms with van der Waals surface area (Å²) < 4.78 is 36.5. The van der Waals surface area contributed by atoms with Gasteiger partial charge < -0.3 is 18.9 Å². The van der Waals surface area contributed by atoms with Crippen LogP contribution >= 0.6 is 57.1 Å². The number of ether oxygens (including phenoxy) is 4. The minimum atomic E-state index is -0.672. The molecule has 0 saturated heterocycles. The fourth-order valence-corrected chi connectivity index (χ4v) is 13.0. The quantitative estimate of drug-likeness (QED) is 0.0530. The fourth-order valence-electron chi connectivity index (χ4n) is 7.47. The zero-order chi connectivity index (χ0) is 46.0. The molecule has 0 bridgehead atoms. The van der Waals surface area contributed by atoms with Crippen LogP contribution in [0.3, 0.4) is 0 Å². The Hall–Kier alpha value is -3.28. The molecule has 0 saturated carbocycles. The van der Waals surface area contributed by atoms with Crippen molar-refractivity contribution < 1.29 is 58.0 Å². The number of thiophene rings is 4. The highest BCUT2D eigenvalue weighted by Crippen LogP contribution is 2.58. The molecule has 0 unspecified atom stereocenters. The number of hydrogen-bond donors (Lipinski definition) is 0. The minimum Gasteiger partial charge on any atom is -0.488 e. The Bertz CT molecular complexity index is 2370. The summed E-state index contributed by atoms with van der Waals surface area (Å²) in [4.78, 5) is 50.2. The molecule has 7 heterocycles. The maximum atomic E-state index is 6.70. The molecule has 0 atom stereocenters. The van der Waals surface area contributed by atoms with Crippen molar-refractivity contribution in [2.45, 2.75) is 65.2 Å². The van der Waals surface area contributed by atoms with Gasteiger partial charge in [-0.05, 0) is 37.1 Å². The van der Waals surface area contributed by atoms with Gasteiger partial charge in [0, 0.05) is 41.5 Å². The number of rotatable bonds is 20. The second kappa shape index (κ2) is 20.1. The topological polar surface area (TPSA) is 137 Å². The van der Waals surface area contributed by atoms with Crippen LogP contribution in [0.1, 0.15) is 64.1 Å². The Morgan fingerprint density at radius 3 is 1.17 bits per heavy atom. The van der Waals surface area contributed by atoms with E-state index in [0.717, 1.165) is 97.0 Å². The van der Waals surface area contributed by atoms with Gasteiger partial charge in [-0.15, -0.1) is 45.3 Å². The zero-order valence-corrected chi connectivity index (χ0v) is 42.5. The van der Waals surface area contributed by atoms with Crippen molar-refractivity contribution >= 4 is 68.1 Å². The van der Waals surface area contributed by atoms with Gasteiger partial charge in [0.05, 0.1) is 96.9 Å². The van der Waals surface area contributed by atoms with E-state index < -0.39 is 10.8 Å². The number of benzene rings is 1. The van der Waals surface area contributed by atoms with E-state index in [4.69, 9.17) is 66.8 Å². The second-order valence-electron chi connectivity index (χ2n) is 17.6. The van der Waals surface area contributed by atoms with Gasteiger partial charge in [0.1, 0.15) is 37.5 Å². The van der Waals surface area contributed by atoms with Crippen LogP contribution in [0, 0.1) is 10.8 Å². The van der Waals surface area contributed by atoms with E-state index in [1.807, 2.05) is 0 Å². The Morgan fingerprint density at radius 2 is 0.831 bits per heavy atom. The average Bonchev–Trinajstić information content (AvgIpc) is 4.17. The van der Waals surface area contributed by atoms with Crippen LogP contribution < -0.4 is 18.9 Å². The molecule has 8 rings (SSSR count). The van der Waals surface area contributed by atoms with Crippen LogP contribution in [0.15, 0.2) is 36.4 Å². The molecule has 0 spiro atoms. The maximum absolute atomic E-state index is 6.70. The van der Waals surface area contributed by atoms with Gasteiger partial charge >= 0.3 is 0 Å². The molecule has 352 valence electrons. The summed E-state index contributed by atoms with van der Waals surface area (Å²) >= 11 is 8.07. The normalized spacial score (nSPS) is 16.0. The van der Waals surface area contributed by atoms with Gasteiger partial charge in [-0.25, -0.2) is 39.1 Å². The first-order chi connectivity index (χ1) is 31.4. The summed E-state index contributed by atoms with van der Waals surface area (Å²) in [6, 6.07) is 13.0. The highest BCUT2D eigenvalue weighted by atomic mass is 32.1. The lowest BCUT2D eigenvalue weighted by molar-refractivity contribution is -0.327. The smallest absolute Gasteiger partial charge is 0.180 e. The lowest BCUT2D eigenvalue weighted by atomic mass is 9.88. The van der Waals surface area contributed by atoms with Crippen molar-refractivity contribution in [3.05, 3.63) is 46.2 Å². The molecule has 2 aliphatic heterocycles. The third-order valence-electron chi connectivity index (χ3n) is 12.3. The standard InChI is InChI=1S/C46H56N2O12S5/c1-11-43(3,4)41-37-35(53-19-45(21-55-37,23-57-49-7)24-58-50-8)39(63-41)31-17-15-29(61-31)27-13-14-28(34-33(27)47-65-48-34)30-16-18-32(62-30)40-36-38(42(64-40)44(5,6)12-2)56-22-46(20-54-36,25-59-51-9)26-60-52-10/h13-18H,11-12,19-26H2,1-10H3. The van der Waals surface area contributed by atoms with Crippen LogP contribution in [-0.4, -0.2) is 90.0 Å². The molecule has 14 nitrogen and oxygen atoms in total. The van der Waals surface area contributed by atoms with Crippen molar-refractivity contribution in [1.29, 1.82) is 0 Å². The molecule has 19 heteroatoms. The zero-order valence-electron chi connectivity index (χ0n) is 38.4. The van der Waals surface area contributed by atoms with E-state index in [0.29, 0.717) is 13.2 Å². The Morgan fingerprint density at radius 1 is 0.492 bits per heavy atom. The SMILES string of the molecule is CCC(C)(C)c1sc(-c2ccc(-c3ccc(-c4ccc(-c5sc(C(C)(C)CC)c6c5OCC(COOC)(COOC)CO6)s4)c4nsnc34)s2)c2c1OCC(COOC)(COOC)CO2. The van der Waals surface area contributed by atoms with Crippen LogP contribution in [0.25, 0.3) is 51.4 Å². The van der Waals surface area contributed by atoms with Crippen LogP contribution in [-0.2, 0) is 49.9 Å². The van der Waals surface area contributed by atoms with Gasteiger partial charge in [-0.1, -0.05) is 53.7 Å². The van der Waals surface area contributed by atoms with E-state index >= 15 is 0 Å². The summed E-state index contributed by atoms with van der Waals surface area (Å²) in [5, 5.41) is 0. The van der Waals surface area contributed by atoms with Crippen LogP contribution in [0.4, 0.5) is 0 Å².